The van der Waals surface area contributed by atoms with Crippen molar-refractivity contribution >= 4 is 11.3 Å². The molecule has 0 radical (unpaired) electrons. The molecule has 0 fully saturated rings. The summed E-state index contributed by atoms with van der Waals surface area (Å²) in [6, 6.07) is 0. The lowest BCUT2D eigenvalue weighted by Gasteiger charge is -2.02. The average molecular weight is 191 g/mol. The van der Waals surface area contributed by atoms with Crippen LogP contribution in [0.2, 0.25) is 0 Å². The summed E-state index contributed by atoms with van der Waals surface area (Å²) < 4.78 is 1.76. The van der Waals surface area contributed by atoms with E-state index >= 15 is 0 Å². The molecule has 0 aliphatic carbocycles. The Bertz CT molecular complexity index is 445. The van der Waals surface area contributed by atoms with Gasteiger partial charge in [0.15, 0.2) is 5.65 Å². The molecule has 0 atom stereocenters. The van der Waals surface area contributed by atoms with Gasteiger partial charge >= 0.3 is 0 Å². The van der Waals surface area contributed by atoms with Crippen LogP contribution in [0.1, 0.15) is 32.4 Å². The fraction of sp³-hybridized carbons (Fsp3) is 0.556. The molecule has 0 aliphatic heterocycles. The molecule has 14 heavy (non-hydrogen) atoms. The van der Waals surface area contributed by atoms with Gasteiger partial charge in [0.2, 0.25) is 5.65 Å². The van der Waals surface area contributed by atoms with Crippen LogP contribution in [-0.4, -0.2) is 25.0 Å². The number of nitrogens with zero attached hydrogens (tertiary/aromatic N) is 5. The lowest BCUT2D eigenvalue weighted by molar-refractivity contribution is 0.639. The number of hydrogen-bond acceptors (Lipinski definition) is 4. The minimum atomic E-state index is 0.382. The van der Waals surface area contributed by atoms with E-state index in [9.17, 15) is 0 Å². The number of aryl methyl sites for hydroxylation is 1. The van der Waals surface area contributed by atoms with Gasteiger partial charge in [-0.25, -0.2) is 14.6 Å². The number of hydrogen-bond donors (Lipinski definition) is 0. The molecule has 2 aromatic heterocycles. The van der Waals surface area contributed by atoms with Gasteiger partial charge in [-0.05, 0) is 12.8 Å². The van der Waals surface area contributed by atoms with Crippen molar-refractivity contribution in [3.05, 3.63) is 11.9 Å². The third-order valence-corrected chi connectivity index (χ3v) is 2.14. The molecule has 0 spiro atoms. The molecule has 2 heterocycles. The van der Waals surface area contributed by atoms with E-state index in [-0.39, 0.29) is 0 Å². The minimum absolute atomic E-state index is 0.382. The maximum Gasteiger partial charge on any atom is 0.221 e. The Morgan fingerprint density at radius 2 is 2.21 bits per heavy atom. The molecule has 0 N–H and O–H groups in total. The highest BCUT2D eigenvalue weighted by Crippen LogP contribution is 2.13. The van der Waals surface area contributed by atoms with Crippen molar-refractivity contribution < 1.29 is 0 Å². The number of rotatable bonds is 2. The Morgan fingerprint density at radius 3 is 2.86 bits per heavy atom. The van der Waals surface area contributed by atoms with Crippen molar-refractivity contribution in [2.24, 2.45) is 0 Å². The SMILES string of the molecule is CCn1nnc2ncc(C(C)C)nc21. The molecular weight excluding hydrogens is 178 g/mol. The van der Waals surface area contributed by atoms with Crippen molar-refractivity contribution in [1.82, 2.24) is 25.0 Å². The van der Waals surface area contributed by atoms with Crippen LogP contribution in [-0.2, 0) is 6.54 Å². The molecule has 0 saturated carbocycles. The third kappa shape index (κ3) is 1.34. The molecule has 74 valence electrons. The maximum absolute atomic E-state index is 4.48. The van der Waals surface area contributed by atoms with Crippen LogP contribution in [0.15, 0.2) is 6.20 Å². The van der Waals surface area contributed by atoms with Gasteiger partial charge < -0.3 is 0 Å². The fourth-order valence-electron chi connectivity index (χ4n) is 1.26. The summed E-state index contributed by atoms with van der Waals surface area (Å²) >= 11 is 0. The molecule has 0 amide bonds. The van der Waals surface area contributed by atoms with Gasteiger partial charge in [0.25, 0.3) is 0 Å². The second-order valence-corrected chi connectivity index (χ2v) is 3.50. The maximum atomic E-state index is 4.48. The first-order valence-corrected chi connectivity index (χ1v) is 4.78. The molecule has 2 aromatic rings. The van der Waals surface area contributed by atoms with Crippen LogP contribution in [0, 0.1) is 0 Å². The molecule has 5 heteroatoms. The summed E-state index contributed by atoms with van der Waals surface area (Å²) in [5, 5.41) is 7.89. The molecule has 0 bridgehead atoms. The molecule has 0 saturated heterocycles. The van der Waals surface area contributed by atoms with Gasteiger partial charge in [-0.15, -0.1) is 5.10 Å². The summed E-state index contributed by atoms with van der Waals surface area (Å²) in [5.74, 6) is 0.382. The van der Waals surface area contributed by atoms with E-state index in [1.807, 2.05) is 6.92 Å². The highest BCUT2D eigenvalue weighted by atomic mass is 15.4. The fourth-order valence-corrected chi connectivity index (χ4v) is 1.26. The van der Waals surface area contributed by atoms with Gasteiger partial charge in [-0.1, -0.05) is 19.1 Å². The van der Waals surface area contributed by atoms with Crippen molar-refractivity contribution in [2.75, 3.05) is 0 Å². The second-order valence-electron chi connectivity index (χ2n) is 3.50. The monoisotopic (exact) mass is 191 g/mol. The predicted octanol–water partition coefficient (Wildman–Crippen LogP) is 1.36. The van der Waals surface area contributed by atoms with Crippen LogP contribution in [0.4, 0.5) is 0 Å². The Hall–Kier alpha value is -1.52. The zero-order valence-corrected chi connectivity index (χ0v) is 8.60. The Balaban J connectivity index is 2.61. The number of fused-ring (bicyclic) bond motifs is 1. The highest BCUT2D eigenvalue weighted by Gasteiger charge is 2.08. The topological polar surface area (TPSA) is 56.5 Å². The lowest BCUT2D eigenvalue weighted by Crippen LogP contribution is -2.01. The third-order valence-electron chi connectivity index (χ3n) is 2.14. The van der Waals surface area contributed by atoms with Crippen LogP contribution in [0.5, 0.6) is 0 Å². The average Bonchev–Trinajstić information content (AvgIpc) is 2.59. The summed E-state index contributed by atoms with van der Waals surface area (Å²) in [5.41, 5.74) is 2.38. The molecule has 2 rings (SSSR count). The quantitative estimate of drug-likeness (QED) is 0.719. The van der Waals surface area contributed by atoms with Gasteiger partial charge in [0, 0.05) is 6.54 Å². The van der Waals surface area contributed by atoms with E-state index in [1.165, 1.54) is 0 Å². The minimum Gasteiger partial charge on any atom is -0.230 e. The smallest absolute Gasteiger partial charge is 0.221 e. The van der Waals surface area contributed by atoms with E-state index in [1.54, 1.807) is 10.9 Å². The van der Waals surface area contributed by atoms with Crippen LogP contribution >= 0.6 is 0 Å². The van der Waals surface area contributed by atoms with E-state index in [0.29, 0.717) is 11.6 Å². The number of aromatic nitrogens is 5. The van der Waals surface area contributed by atoms with Crippen molar-refractivity contribution in [3.8, 4) is 0 Å². The molecular formula is C9H13N5. The van der Waals surface area contributed by atoms with E-state index in [2.05, 4.69) is 34.1 Å². The van der Waals surface area contributed by atoms with E-state index in [4.69, 9.17) is 0 Å². The van der Waals surface area contributed by atoms with Crippen LogP contribution in [0.25, 0.3) is 11.3 Å². The lowest BCUT2D eigenvalue weighted by atomic mass is 10.1. The van der Waals surface area contributed by atoms with Crippen LogP contribution < -0.4 is 0 Å². The van der Waals surface area contributed by atoms with Crippen molar-refractivity contribution in [2.45, 2.75) is 33.2 Å². The summed E-state index contributed by atoms with van der Waals surface area (Å²) in [4.78, 5) is 8.70. The summed E-state index contributed by atoms with van der Waals surface area (Å²) in [6.45, 7) is 6.97. The Labute approximate surface area is 82.2 Å². The van der Waals surface area contributed by atoms with Gasteiger partial charge in [-0.3, -0.25) is 0 Å². The van der Waals surface area contributed by atoms with Crippen molar-refractivity contribution in [3.63, 3.8) is 0 Å². The molecule has 5 nitrogen and oxygen atoms in total. The first kappa shape index (κ1) is 9.05. The predicted molar refractivity (Wildman–Crippen MR) is 52.9 cm³/mol. The normalized spacial score (nSPS) is 11.4. The van der Waals surface area contributed by atoms with Crippen LogP contribution in [0.3, 0.4) is 0 Å². The van der Waals surface area contributed by atoms with Gasteiger partial charge in [0.1, 0.15) is 0 Å². The first-order valence-electron chi connectivity index (χ1n) is 4.78. The van der Waals surface area contributed by atoms with E-state index < -0.39 is 0 Å². The van der Waals surface area contributed by atoms with E-state index in [0.717, 1.165) is 17.9 Å². The first-order chi connectivity index (χ1) is 6.72. The van der Waals surface area contributed by atoms with Gasteiger partial charge in [-0.2, -0.15) is 0 Å². The van der Waals surface area contributed by atoms with Gasteiger partial charge in [0.05, 0.1) is 11.9 Å². The standard InChI is InChI=1S/C9H13N5/c1-4-14-9-8(12-13-14)10-5-7(11-9)6(2)3/h5-6H,4H2,1-3H3. The zero-order valence-electron chi connectivity index (χ0n) is 8.60. The largest absolute Gasteiger partial charge is 0.230 e. The molecule has 0 aromatic carbocycles. The summed E-state index contributed by atoms with van der Waals surface area (Å²) in [7, 11) is 0. The van der Waals surface area contributed by atoms with Crippen molar-refractivity contribution in [1.29, 1.82) is 0 Å². The second kappa shape index (κ2) is 3.32. The zero-order chi connectivity index (χ0) is 10.1. The molecule has 0 aliphatic rings. The summed E-state index contributed by atoms with van der Waals surface area (Å²) in [6.07, 6.45) is 1.77. The highest BCUT2D eigenvalue weighted by molar-refractivity contribution is 5.63. The Morgan fingerprint density at radius 1 is 1.43 bits per heavy atom. The Kier molecular flexibility index (Phi) is 2.15. The molecule has 0 unspecified atom stereocenters.